The molecule has 0 unspecified atom stereocenters. The van der Waals surface area contributed by atoms with Gasteiger partial charge in [0.05, 0.1) is 9.82 Å². The minimum Gasteiger partial charge on any atom is -0.340 e. The van der Waals surface area contributed by atoms with Crippen molar-refractivity contribution in [2.24, 2.45) is 0 Å². The summed E-state index contributed by atoms with van der Waals surface area (Å²) in [5, 5.41) is 10.9. The molecule has 0 radical (unpaired) electrons. The molecule has 1 aliphatic heterocycles. The summed E-state index contributed by atoms with van der Waals surface area (Å²) in [4.78, 5) is 24.1. The van der Waals surface area contributed by atoms with Gasteiger partial charge in [-0.25, -0.2) is 8.42 Å². The Balaban J connectivity index is 1.90. The second kappa shape index (κ2) is 9.80. The Morgan fingerprint density at radius 2 is 1.78 bits per heavy atom. The van der Waals surface area contributed by atoms with E-state index in [1.165, 1.54) is 28.9 Å². The fourth-order valence-electron chi connectivity index (χ4n) is 3.12. The number of hydrogen-bond acceptors (Lipinski definition) is 5. The third-order valence-corrected chi connectivity index (χ3v) is 6.65. The van der Waals surface area contributed by atoms with Crippen molar-refractivity contribution in [3.05, 3.63) is 34.4 Å². The first-order chi connectivity index (χ1) is 12.9. The summed E-state index contributed by atoms with van der Waals surface area (Å²) in [6, 6.07) is 5.05. The van der Waals surface area contributed by atoms with Crippen LogP contribution in [-0.2, 0) is 14.8 Å². The van der Waals surface area contributed by atoms with Crippen LogP contribution in [-0.4, -0.2) is 54.6 Å². The van der Waals surface area contributed by atoms with E-state index in [1.54, 1.807) is 4.90 Å². The molecule has 1 fully saturated rings. The first-order valence-electron chi connectivity index (χ1n) is 9.38. The Kier molecular flexibility index (Phi) is 7.73. The topological polar surface area (TPSA) is 101 Å². The molecule has 2 rings (SSSR count). The van der Waals surface area contributed by atoms with E-state index in [9.17, 15) is 23.3 Å². The molecule has 9 heteroatoms. The summed E-state index contributed by atoms with van der Waals surface area (Å²) < 4.78 is 26.7. The number of unbranched alkanes of at least 4 members (excludes halogenated alkanes) is 4. The first kappa shape index (κ1) is 21.3. The molecular formula is C18H27N3O5S. The summed E-state index contributed by atoms with van der Waals surface area (Å²) in [6.45, 7) is 3.25. The molecule has 0 spiro atoms. The average Bonchev–Trinajstić information content (AvgIpc) is 2.68. The number of nitro groups is 1. The lowest BCUT2D eigenvalue weighted by Gasteiger charge is -2.34. The molecule has 1 amide bonds. The van der Waals surface area contributed by atoms with Crippen LogP contribution in [0, 0.1) is 10.1 Å². The van der Waals surface area contributed by atoms with E-state index in [0.29, 0.717) is 19.5 Å². The first-order valence-corrected chi connectivity index (χ1v) is 10.8. The van der Waals surface area contributed by atoms with Gasteiger partial charge in [-0.3, -0.25) is 14.9 Å². The number of carbonyl (C=O) groups is 1. The number of amides is 1. The van der Waals surface area contributed by atoms with Gasteiger partial charge in [0, 0.05) is 44.7 Å². The number of nitrogens with zero attached hydrogens (tertiary/aromatic N) is 3. The predicted octanol–water partition coefficient (Wildman–Crippen LogP) is 2.79. The van der Waals surface area contributed by atoms with Crippen LogP contribution in [0.25, 0.3) is 0 Å². The van der Waals surface area contributed by atoms with Crippen molar-refractivity contribution >= 4 is 21.6 Å². The van der Waals surface area contributed by atoms with Crippen molar-refractivity contribution < 1.29 is 18.1 Å². The molecule has 1 aliphatic rings. The summed E-state index contributed by atoms with van der Waals surface area (Å²) in [7, 11) is -3.80. The largest absolute Gasteiger partial charge is 0.340 e. The fourth-order valence-corrected chi connectivity index (χ4v) is 4.58. The molecule has 0 atom stereocenters. The van der Waals surface area contributed by atoms with Gasteiger partial charge >= 0.3 is 0 Å². The number of piperazine rings is 1. The third kappa shape index (κ3) is 5.74. The fraction of sp³-hybridized carbons (Fsp3) is 0.611. The molecule has 0 aliphatic carbocycles. The van der Waals surface area contributed by atoms with Crippen LogP contribution in [0.5, 0.6) is 0 Å². The lowest BCUT2D eigenvalue weighted by atomic mass is 10.1. The molecular weight excluding hydrogens is 370 g/mol. The number of rotatable bonds is 9. The van der Waals surface area contributed by atoms with Crippen LogP contribution in [0.1, 0.15) is 45.4 Å². The lowest BCUT2D eigenvalue weighted by molar-refractivity contribution is -0.385. The van der Waals surface area contributed by atoms with Crippen molar-refractivity contribution in [2.75, 3.05) is 26.2 Å². The molecule has 0 N–H and O–H groups in total. The van der Waals surface area contributed by atoms with Gasteiger partial charge in [-0.1, -0.05) is 38.7 Å². The van der Waals surface area contributed by atoms with E-state index >= 15 is 0 Å². The molecule has 0 saturated carbocycles. The summed E-state index contributed by atoms with van der Waals surface area (Å²) >= 11 is 0. The molecule has 1 saturated heterocycles. The van der Waals surface area contributed by atoms with Crippen LogP contribution in [0.2, 0.25) is 0 Å². The molecule has 0 bridgehead atoms. The summed E-state index contributed by atoms with van der Waals surface area (Å²) in [5.74, 6) is 0.0684. The third-order valence-electron chi connectivity index (χ3n) is 4.75. The quantitative estimate of drug-likeness (QED) is 0.362. The zero-order valence-corrected chi connectivity index (χ0v) is 16.5. The SMILES string of the molecule is CCCCCCCC(=O)N1CCN(S(=O)(=O)c2cccc([N+](=O)[O-])c2)CC1. The Morgan fingerprint density at radius 1 is 1.11 bits per heavy atom. The highest BCUT2D eigenvalue weighted by atomic mass is 32.2. The Bertz CT molecular complexity index is 758. The molecule has 1 aromatic carbocycles. The maximum Gasteiger partial charge on any atom is 0.270 e. The minimum absolute atomic E-state index is 0.0684. The maximum absolute atomic E-state index is 12.7. The van der Waals surface area contributed by atoms with E-state index in [4.69, 9.17) is 0 Å². The van der Waals surface area contributed by atoms with E-state index < -0.39 is 14.9 Å². The lowest BCUT2D eigenvalue weighted by Crippen LogP contribution is -2.50. The number of non-ortho nitro benzene ring substituents is 1. The van der Waals surface area contributed by atoms with Crippen LogP contribution in [0.15, 0.2) is 29.2 Å². The van der Waals surface area contributed by atoms with E-state index in [-0.39, 0.29) is 29.6 Å². The van der Waals surface area contributed by atoms with Crippen LogP contribution in [0.3, 0.4) is 0 Å². The van der Waals surface area contributed by atoms with Crippen molar-refractivity contribution in [1.29, 1.82) is 0 Å². The van der Waals surface area contributed by atoms with E-state index in [1.807, 2.05) is 0 Å². The average molecular weight is 397 g/mol. The number of benzene rings is 1. The number of sulfonamides is 1. The number of nitro benzene ring substituents is 1. The predicted molar refractivity (Wildman–Crippen MR) is 102 cm³/mol. The van der Waals surface area contributed by atoms with Gasteiger partial charge in [-0.15, -0.1) is 0 Å². The van der Waals surface area contributed by atoms with Crippen molar-refractivity contribution in [2.45, 2.75) is 50.3 Å². The Morgan fingerprint density at radius 3 is 2.41 bits per heavy atom. The van der Waals surface area contributed by atoms with E-state index in [0.717, 1.165) is 31.7 Å². The Hall–Kier alpha value is -2.00. The summed E-state index contributed by atoms with van der Waals surface area (Å²) in [5.41, 5.74) is -0.257. The van der Waals surface area contributed by atoms with Gasteiger partial charge in [0.1, 0.15) is 0 Å². The molecule has 1 aromatic rings. The van der Waals surface area contributed by atoms with Crippen molar-refractivity contribution in [3.8, 4) is 0 Å². The molecule has 150 valence electrons. The monoisotopic (exact) mass is 397 g/mol. The van der Waals surface area contributed by atoms with Gasteiger partial charge in [-0.2, -0.15) is 4.31 Å². The van der Waals surface area contributed by atoms with Gasteiger partial charge in [0.25, 0.3) is 5.69 Å². The van der Waals surface area contributed by atoms with Crippen molar-refractivity contribution in [3.63, 3.8) is 0 Å². The van der Waals surface area contributed by atoms with Gasteiger partial charge in [0.15, 0.2) is 0 Å². The second-order valence-corrected chi connectivity index (χ2v) is 8.64. The molecule has 0 aromatic heterocycles. The smallest absolute Gasteiger partial charge is 0.270 e. The Labute approximate surface area is 160 Å². The van der Waals surface area contributed by atoms with Crippen LogP contribution >= 0.6 is 0 Å². The van der Waals surface area contributed by atoms with Gasteiger partial charge in [-0.05, 0) is 12.5 Å². The van der Waals surface area contributed by atoms with Crippen LogP contribution in [0.4, 0.5) is 5.69 Å². The highest BCUT2D eigenvalue weighted by molar-refractivity contribution is 7.89. The van der Waals surface area contributed by atoms with E-state index in [2.05, 4.69) is 6.92 Å². The minimum atomic E-state index is -3.80. The number of carbonyl (C=O) groups excluding carboxylic acids is 1. The molecule has 27 heavy (non-hydrogen) atoms. The van der Waals surface area contributed by atoms with Crippen molar-refractivity contribution in [1.82, 2.24) is 9.21 Å². The second-order valence-electron chi connectivity index (χ2n) is 6.70. The zero-order chi connectivity index (χ0) is 19.9. The van der Waals surface area contributed by atoms with Gasteiger partial charge in [0.2, 0.25) is 15.9 Å². The highest BCUT2D eigenvalue weighted by Crippen LogP contribution is 2.22. The highest BCUT2D eigenvalue weighted by Gasteiger charge is 2.30. The molecule has 8 nitrogen and oxygen atoms in total. The standard InChI is InChI=1S/C18H27N3O5S/c1-2-3-4-5-6-10-18(22)19-11-13-20(14-12-19)27(25,26)17-9-7-8-16(15-17)21(23)24/h7-9,15H,2-6,10-14H2,1H3. The number of hydrogen-bond donors (Lipinski definition) is 0. The summed E-state index contributed by atoms with van der Waals surface area (Å²) in [6.07, 6.45) is 5.89. The normalized spacial score (nSPS) is 15.7. The maximum atomic E-state index is 12.7. The zero-order valence-electron chi connectivity index (χ0n) is 15.7. The van der Waals surface area contributed by atoms with Crippen LogP contribution < -0.4 is 0 Å². The molecule has 1 heterocycles. The van der Waals surface area contributed by atoms with Gasteiger partial charge < -0.3 is 4.90 Å².